The molecular formula is C13H28N2O9SSi. The van der Waals surface area contributed by atoms with Gasteiger partial charge in [-0.25, -0.2) is 13.2 Å². The molecular weight excluding hydrogens is 388 g/mol. The van der Waals surface area contributed by atoms with Crippen molar-refractivity contribution in [1.29, 1.82) is 0 Å². The molecule has 0 aromatic rings. The molecule has 1 rings (SSSR count). The molecule has 154 valence electrons. The number of methoxy groups -OCH3 is 1. The summed E-state index contributed by atoms with van der Waals surface area (Å²) in [6.45, 7) is 5.11. The SMILES string of the molecule is COC(=O)N[C@@H]1[C@H](O)[C@@H](CO)O[C@@](O)(NS(=O)(=O)CC[Si](C)(C)C)[C@H]1O. The summed E-state index contributed by atoms with van der Waals surface area (Å²) in [4.78, 5) is 11.4. The van der Waals surface area contributed by atoms with Gasteiger partial charge in [-0.05, 0) is 6.04 Å². The van der Waals surface area contributed by atoms with Gasteiger partial charge in [-0.3, -0.25) is 0 Å². The highest BCUT2D eigenvalue weighted by atomic mass is 32.2. The van der Waals surface area contributed by atoms with Crippen molar-refractivity contribution in [2.45, 2.75) is 55.9 Å². The van der Waals surface area contributed by atoms with Gasteiger partial charge in [0.25, 0.3) is 5.91 Å². The lowest BCUT2D eigenvalue weighted by Crippen LogP contribution is -2.74. The minimum atomic E-state index is -4.07. The number of hydrogen-bond acceptors (Lipinski definition) is 9. The monoisotopic (exact) mass is 416 g/mol. The van der Waals surface area contributed by atoms with Crippen LogP contribution in [0.15, 0.2) is 0 Å². The highest BCUT2D eigenvalue weighted by Gasteiger charge is 2.55. The largest absolute Gasteiger partial charge is 0.453 e. The van der Waals surface area contributed by atoms with E-state index < -0.39 is 61.1 Å². The van der Waals surface area contributed by atoms with Crippen LogP contribution in [0.3, 0.4) is 0 Å². The summed E-state index contributed by atoms with van der Waals surface area (Å²) < 4.78 is 35.8. The van der Waals surface area contributed by atoms with E-state index in [2.05, 4.69) is 10.1 Å². The fourth-order valence-corrected chi connectivity index (χ4v) is 6.58. The van der Waals surface area contributed by atoms with Crippen molar-refractivity contribution in [2.24, 2.45) is 0 Å². The van der Waals surface area contributed by atoms with Gasteiger partial charge in [0.2, 0.25) is 10.0 Å². The minimum absolute atomic E-state index is 0.303. The van der Waals surface area contributed by atoms with Gasteiger partial charge < -0.3 is 35.2 Å². The normalized spacial score (nSPS) is 32.9. The molecule has 0 aliphatic carbocycles. The molecule has 13 heteroatoms. The van der Waals surface area contributed by atoms with Gasteiger partial charge in [0, 0.05) is 8.07 Å². The third-order valence-corrected chi connectivity index (χ3v) is 7.35. The predicted octanol–water partition coefficient (Wildman–Crippen LogP) is -2.27. The summed E-state index contributed by atoms with van der Waals surface area (Å²) in [5, 5.41) is 42.3. The first-order chi connectivity index (χ1) is 11.7. The first-order valence-electron chi connectivity index (χ1n) is 7.98. The number of aliphatic hydroxyl groups excluding tert-OH is 3. The maximum Gasteiger partial charge on any atom is 0.407 e. The molecule has 0 saturated carbocycles. The number of carbonyl (C=O) groups is 1. The Balaban J connectivity index is 3.04. The summed E-state index contributed by atoms with van der Waals surface area (Å²) >= 11 is 0. The van der Waals surface area contributed by atoms with Gasteiger partial charge >= 0.3 is 6.09 Å². The molecule has 0 bridgehead atoms. The highest BCUT2D eigenvalue weighted by molar-refractivity contribution is 7.89. The van der Waals surface area contributed by atoms with Gasteiger partial charge in [0.15, 0.2) is 0 Å². The quantitative estimate of drug-likeness (QED) is 0.197. The molecule has 0 aromatic heterocycles. The van der Waals surface area contributed by atoms with E-state index in [0.717, 1.165) is 7.11 Å². The summed E-state index contributed by atoms with van der Waals surface area (Å²) in [7, 11) is -4.73. The predicted molar refractivity (Wildman–Crippen MR) is 93.3 cm³/mol. The Hall–Kier alpha value is -0.803. The van der Waals surface area contributed by atoms with E-state index in [0.29, 0.717) is 6.04 Å². The van der Waals surface area contributed by atoms with Crippen molar-refractivity contribution in [3.63, 3.8) is 0 Å². The lowest BCUT2D eigenvalue weighted by atomic mass is 9.94. The number of nitrogens with one attached hydrogen (secondary N) is 2. The zero-order valence-electron chi connectivity index (χ0n) is 15.2. The maximum atomic E-state index is 12.3. The van der Waals surface area contributed by atoms with Crippen LogP contribution in [-0.4, -0.2) is 92.7 Å². The number of sulfonamides is 1. The summed E-state index contributed by atoms with van der Waals surface area (Å²) in [5.74, 6) is -3.15. The van der Waals surface area contributed by atoms with Crippen LogP contribution < -0.4 is 10.0 Å². The Morgan fingerprint density at radius 1 is 1.31 bits per heavy atom. The van der Waals surface area contributed by atoms with Crippen molar-refractivity contribution in [2.75, 3.05) is 19.5 Å². The van der Waals surface area contributed by atoms with Crippen molar-refractivity contribution in [3.8, 4) is 0 Å². The average molecular weight is 417 g/mol. The van der Waals surface area contributed by atoms with E-state index in [9.17, 15) is 33.6 Å². The van der Waals surface area contributed by atoms with Gasteiger partial charge in [-0.2, -0.15) is 4.72 Å². The Kier molecular flexibility index (Phi) is 7.57. The second-order valence-corrected chi connectivity index (χ2v) is 14.8. The Bertz CT molecular complexity index is 597. The lowest BCUT2D eigenvalue weighted by Gasteiger charge is -2.46. The van der Waals surface area contributed by atoms with Gasteiger partial charge in [0.05, 0.1) is 25.5 Å². The minimum Gasteiger partial charge on any atom is -0.453 e. The molecule has 0 radical (unpaired) electrons. The van der Waals surface area contributed by atoms with Crippen molar-refractivity contribution >= 4 is 24.2 Å². The maximum absolute atomic E-state index is 12.3. The van der Waals surface area contributed by atoms with Crippen LogP contribution in [0, 0.1) is 0 Å². The number of alkyl carbamates (subject to hydrolysis) is 1. The number of ether oxygens (including phenoxy) is 2. The molecule has 1 saturated heterocycles. The Morgan fingerprint density at radius 3 is 2.35 bits per heavy atom. The second-order valence-electron chi connectivity index (χ2n) is 7.36. The summed E-state index contributed by atoms with van der Waals surface area (Å²) in [6, 6.07) is -1.16. The molecule has 0 aromatic carbocycles. The third-order valence-electron chi connectivity index (χ3n) is 3.89. The van der Waals surface area contributed by atoms with Crippen LogP contribution in [-0.2, 0) is 19.5 Å². The molecule has 1 heterocycles. The zero-order chi connectivity index (χ0) is 20.3. The van der Waals surface area contributed by atoms with Crippen molar-refractivity contribution < 1.29 is 43.1 Å². The standard InChI is InChI=1S/C13H28N2O9SSi/c1-23-12(19)14-9-10(17)8(7-16)24-13(20,11(9)18)15-25(21,22)5-6-26(2,3)4/h8-11,15-18,20H,5-7H2,1-4H3,(H,14,19)/t8-,9-,10-,11+,13-/m1/s1. The number of amides is 1. The number of rotatable bonds is 7. The van der Waals surface area contributed by atoms with Gasteiger partial charge in [-0.1, -0.05) is 19.6 Å². The van der Waals surface area contributed by atoms with Crippen LogP contribution in [0.1, 0.15) is 0 Å². The average Bonchev–Trinajstić information content (AvgIpc) is 2.52. The Morgan fingerprint density at radius 2 is 1.88 bits per heavy atom. The molecule has 1 aliphatic heterocycles. The Labute approximate surface area is 153 Å². The molecule has 26 heavy (non-hydrogen) atoms. The van der Waals surface area contributed by atoms with E-state index in [1.807, 2.05) is 24.4 Å². The molecule has 0 unspecified atom stereocenters. The van der Waals surface area contributed by atoms with Crippen LogP contribution in [0.4, 0.5) is 4.79 Å². The highest BCUT2D eigenvalue weighted by Crippen LogP contribution is 2.27. The van der Waals surface area contributed by atoms with Gasteiger partial charge in [-0.15, -0.1) is 0 Å². The van der Waals surface area contributed by atoms with Crippen LogP contribution in [0.5, 0.6) is 0 Å². The fraction of sp³-hybridized carbons (Fsp3) is 0.923. The number of carbonyl (C=O) groups excluding carboxylic acids is 1. The summed E-state index contributed by atoms with van der Waals surface area (Å²) in [6.07, 6.45) is -6.19. The van der Waals surface area contributed by atoms with E-state index in [1.54, 1.807) is 0 Å². The molecule has 0 spiro atoms. The first-order valence-corrected chi connectivity index (χ1v) is 13.3. The molecule has 1 fully saturated rings. The lowest BCUT2D eigenvalue weighted by molar-refractivity contribution is -0.335. The smallest absolute Gasteiger partial charge is 0.407 e. The second kappa shape index (κ2) is 8.47. The van der Waals surface area contributed by atoms with Crippen LogP contribution in [0.2, 0.25) is 25.7 Å². The van der Waals surface area contributed by atoms with E-state index >= 15 is 0 Å². The van der Waals surface area contributed by atoms with E-state index in [1.165, 1.54) is 0 Å². The number of hydrogen-bond donors (Lipinski definition) is 6. The van der Waals surface area contributed by atoms with Crippen molar-refractivity contribution in [1.82, 2.24) is 10.0 Å². The van der Waals surface area contributed by atoms with E-state index in [-0.39, 0.29) is 5.75 Å². The van der Waals surface area contributed by atoms with Crippen LogP contribution >= 0.6 is 0 Å². The zero-order valence-corrected chi connectivity index (χ0v) is 17.0. The van der Waals surface area contributed by atoms with E-state index in [4.69, 9.17) is 4.74 Å². The number of aliphatic hydroxyl groups is 4. The first kappa shape index (κ1) is 23.2. The summed E-state index contributed by atoms with van der Waals surface area (Å²) in [5.41, 5.74) is 0. The molecule has 6 N–H and O–H groups in total. The third kappa shape index (κ3) is 6.13. The molecule has 1 amide bonds. The fourth-order valence-electron chi connectivity index (χ4n) is 2.34. The van der Waals surface area contributed by atoms with Gasteiger partial charge in [0.1, 0.15) is 18.3 Å². The topological polar surface area (TPSA) is 175 Å². The molecule has 1 aliphatic rings. The molecule has 11 nitrogen and oxygen atoms in total. The molecule has 5 atom stereocenters. The van der Waals surface area contributed by atoms with Crippen molar-refractivity contribution in [3.05, 3.63) is 0 Å². The van der Waals surface area contributed by atoms with Crippen LogP contribution in [0.25, 0.3) is 0 Å².